The number of hydrogen-bond acceptors (Lipinski definition) is 1. The zero-order valence-electron chi connectivity index (χ0n) is 10.4. The average Bonchev–Trinajstić information content (AvgIpc) is 2.28. The standard InChI is InChI=1S/C13H20N2O/c1-5-10(2)11-6-8-12(9-7-11)14-13(16)15(3)4/h6-10H,5H2,1-4H3,(H,14,16)/t10-/m1/s1. The Bertz CT molecular complexity index is 343. The first-order valence-corrected chi connectivity index (χ1v) is 5.62. The van der Waals surface area contributed by atoms with Gasteiger partial charge in [-0.1, -0.05) is 26.0 Å². The van der Waals surface area contributed by atoms with Crippen LogP contribution in [0.3, 0.4) is 0 Å². The van der Waals surface area contributed by atoms with Gasteiger partial charge < -0.3 is 10.2 Å². The fraction of sp³-hybridized carbons (Fsp3) is 0.462. The third-order valence-corrected chi connectivity index (χ3v) is 2.75. The SMILES string of the molecule is CC[C@@H](C)c1ccc(NC(=O)N(C)C)cc1. The van der Waals surface area contributed by atoms with Crippen molar-refractivity contribution in [3.8, 4) is 0 Å². The van der Waals surface area contributed by atoms with Gasteiger partial charge >= 0.3 is 6.03 Å². The molecule has 0 fully saturated rings. The van der Waals surface area contributed by atoms with Crippen LogP contribution in [0, 0.1) is 0 Å². The molecular formula is C13H20N2O. The Morgan fingerprint density at radius 3 is 2.31 bits per heavy atom. The largest absolute Gasteiger partial charge is 0.331 e. The number of anilines is 1. The van der Waals surface area contributed by atoms with Gasteiger partial charge in [0, 0.05) is 19.8 Å². The predicted molar refractivity (Wildman–Crippen MR) is 67.9 cm³/mol. The van der Waals surface area contributed by atoms with Crippen LogP contribution < -0.4 is 5.32 Å². The second kappa shape index (κ2) is 5.54. The second-order valence-corrected chi connectivity index (χ2v) is 4.26. The molecule has 0 aromatic heterocycles. The lowest BCUT2D eigenvalue weighted by Gasteiger charge is -2.13. The molecule has 0 aliphatic heterocycles. The van der Waals surface area contributed by atoms with Crippen molar-refractivity contribution in [1.82, 2.24) is 4.90 Å². The van der Waals surface area contributed by atoms with Gasteiger partial charge in [-0.25, -0.2) is 4.79 Å². The number of hydrogen-bond donors (Lipinski definition) is 1. The summed E-state index contributed by atoms with van der Waals surface area (Å²) < 4.78 is 0. The molecule has 0 saturated heterocycles. The summed E-state index contributed by atoms with van der Waals surface area (Å²) in [6, 6.07) is 7.93. The van der Waals surface area contributed by atoms with Crippen LogP contribution in [-0.4, -0.2) is 25.0 Å². The van der Waals surface area contributed by atoms with Crippen molar-refractivity contribution in [2.24, 2.45) is 0 Å². The minimum Gasteiger partial charge on any atom is -0.331 e. The molecule has 1 rings (SSSR count). The van der Waals surface area contributed by atoms with Crippen molar-refractivity contribution in [1.29, 1.82) is 0 Å². The molecule has 3 heteroatoms. The molecule has 2 amide bonds. The van der Waals surface area contributed by atoms with Crippen LogP contribution in [0.15, 0.2) is 24.3 Å². The lowest BCUT2D eigenvalue weighted by Crippen LogP contribution is -2.27. The van der Waals surface area contributed by atoms with E-state index in [4.69, 9.17) is 0 Å². The fourth-order valence-electron chi connectivity index (χ4n) is 1.37. The van der Waals surface area contributed by atoms with E-state index in [1.54, 1.807) is 14.1 Å². The molecule has 0 spiro atoms. The number of carbonyl (C=O) groups is 1. The highest BCUT2D eigenvalue weighted by Gasteiger charge is 2.05. The molecule has 0 radical (unpaired) electrons. The summed E-state index contributed by atoms with van der Waals surface area (Å²) >= 11 is 0. The van der Waals surface area contributed by atoms with Crippen LogP contribution in [-0.2, 0) is 0 Å². The highest BCUT2D eigenvalue weighted by molar-refractivity contribution is 5.88. The van der Waals surface area contributed by atoms with Crippen LogP contribution in [0.2, 0.25) is 0 Å². The summed E-state index contributed by atoms with van der Waals surface area (Å²) in [7, 11) is 3.45. The highest BCUT2D eigenvalue weighted by atomic mass is 16.2. The molecule has 0 aliphatic rings. The molecule has 0 saturated carbocycles. The Balaban J connectivity index is 2.68. The first-order chi connectivity index (χ1) is 7.54. The van der Waals surface area contributed by atoms with E-state index in [2.05, 4.69) is 31.3 Å². The van der Waals surface area contributed by atoms with Gasteiger partial charge in [-0.15, -0.1) is 0 Å². The van der Waals surface area contributed by atoms with E-state index in [0.717, 1.165) is 12.1 Å². The Morgan fingerprint density at radius 2 is 1.88 bits per heavy atom. The number of carbonyl (C=O) groups excluding carboxylic acids is 1. The Labute approximate surface area is 97.5 Å². The molecule has 0 heterocycles. The number of urea groups is 1. The number of benzene rings is 1. The van der Waals surface area contributed by atoms with Gasteiger partial charge in [-0.2, -0.15) is 0 Å². The summed E-state index contributed by atoms with van der Waals surface area (Å²) in [6.07, 6.45) is 1.13. The summed E-state index contributed by atoms with van der Waals surface area (Å²) in [5.41, 5.74) is 2.15. The highest BCUT2D eigenvalue weighted by Crippen LogP contribution is 2.20. The van der Waals surface area contributed by atoms with Crippen LogP contribution in [0.5, 0.6) is 0 Å². The molecule has 0 aliphatic carbocycles. The Morgan fingerprint density at radius 1 is 1.31 bits per heavy atom. The van der Waals surface area contributed by atoms with Gasteiger partial charge in [-0.05, 0) is 30.0 Å². The van der Waals surface area contributed by atoms with Gasteiger partial charge in [-0.3, -0.25) is 0 Å². The van der Waals surface area contributed by atoms with Crippen molar-refractivity contribution < 1.29 is 4.79 Å². The monoisotopic (exact) mass is 220 g/mol. The molecule has 3 nitrogen and oxygen atoms in total. The van der Waals surface area contributed by atoms with Gasteiger partial charge in [0.05, 0.1) is 0 Å². The van der Waals surface area contributed by atoms with E-state index in [-0.39, 0.29) is 6.03 Å². The van der Waals surface area contributed by atoms with Crippen molar-refractivity contribution >= 4 is 11.7 Å². The van der Waals surface area contributed by atoms with Crippen molar-refractivity contribution in [3.05, 3.63) is 29.8 Å². The lowest BCUT2D eigenvalue weighted by atomic mass is 9.99. The minimum atomic E-state index is -0.101. The topological polar surface area (TPSA) is 32.3 Å². The van der Waals surface area contributed by atoms with Crippen LogP contribution in [0.1, 0.15) is 31.7 Å². The summed E-state index contributed by atoms with van der Waals surface area (Å²) in [4.78, 5) is 12.9. The maximum absolute atomic E-state index is 11.4. The zero-order chi connectivity index (χ0) is 12.1. The third-order valence-electron chi connectivity index (χ3n) is 2.75. The molecule has 0 bridgehead atoms. The molecule has 0 unspecified atom stereocenters. The molecule has 88 valence electrons. The number of rotatable bonds is 3. The number of nitrogens with zero attached hydrogens (tertiary/aromatic N) is 1. The summed E-state index contributed by atoms with van der Waals surface area (Å²) in [6.45, 7) is 4.37. The molecule has 1 aromatic carbocycles. The molecular weight excluding hydrogens is 200 g/mol. The maximum atomic E-state index is 11.4. The quantitative estimate of drug-likeness (QED) is 0.833. The smallest absolute Gasteiger partial charge is 0.321 e. The summed E-state index contributed by atoms with van der Waals surface area (Å²) in [5, 5.41) is 2.81. The maximum Gasteiger partial charge on any atom is 0.321 e. The molecule has 1 N–H and O–H groups in total. The van der Waals surface area contributed by atoms with Crippen LogP contribution >= 0.6 is 0 Å². The third kappa shape index (κ3) is 3.26. The van der Waals surface area contributed by atoms with E-state index in [0.29, 0.717) is 5.92 Å². The van der Waals surface area contributed by atoms with E-state index in [1.807, 2.05) is 12.1 Å². The van der Waals surface area contributed by atoms with E-state index in [1.165, 1.54) is 10.5 Å². The Hall–Kier alpha value is -1.51. The van der Waals surface area contributed by atoms with Crippen molar-refractivity contribution in [2.75, 3.05) is 19.4 Å². The first-order valence-electron chi connectivity index (χ1n) is 5.62. The number of nitrogens with one attached hydrogen (secondary N) is 1. The second-order valence-electron chi connectivity index (χ2n) is 4.26. The van der Waals surface area contributed by atoms with Crippen LogP contribution in [0.25, 0.3) is 0 Å². The van der Waals surface area contributed by atoms with Gasteiger partial charge in [0.1, 0.15) is 0 Å². The average molecular weight is 220 g/mol. The normalized spacial score (nSPS) is 12.0. The molecule has 16 heavy (non-hydrogen) atoms. The lowest BCUT2D eigenvalue weighted by molar-refractivity contribution is 0.230. The summed E-state index contributed by atoms with van der Waals surface area (Å²) in [5.74, 6) is 0.568. The minimum absolute atomic E-state index is 0.101. The Kier molecular flexibility index (Phi) is 4.35. The van der Waals surface area contributed by atoms with E-state index >= 15 is 0 Å². The van der Waals surface area contributed by atoms with Gasteiger partial charge in [0.2, 0.25) is 0 Å². The van der Waals surface area contributed by atoms with Crippen molar-refractivity contribution in [2.45, 2.75) is 26.2 Å². The van der Waals surface area contributed by atoms with E-state index in [9.17, 15) is 4.79 Å². The fourth-order valence-corrected chi connectivity index (χ4v) is 1.37. The molecule has 1 atom stereocenters. The van der Waals surface area contributed by atoms with Crippen LogP contribution in [0.4, 0.5) is 10.5 Å². The first kappa shape index (κ1) is 12.6. The predicted octanol–water partition coefficient (Wildman–Crippen LogP) is 3.29. The zero-order valence-corrected chi connectivity index (χ0v) is 10.4. The van der Waals surface area contributed by atoms with Gasteiger partial charge in [0.25, 0.3) is 0 Å². The van der Waals surface area contributed by atoms with Crippen molar-refractivity contribution in [3.63, 3.8) is 0 Å². The molecule has 1 aromatic rings. The number of amides is 2. The van der Waals surface area contributed by atoms with Gasteiger partial charge in [0.15, 0.2) is 0 Å². The van der Waals surface area contributed by atoms with E-state index < -0.39 is 0 Å².